The van der Waals surface area contributed by atoms with Gasteiger partial charge in [-0.3, -0.25) is 9.52 Å². The van der Waals surface area contributed by atoms with E-state index in [9.17, 15) is 13.2 Å². The standard InChI is InChI=1S/C18H21NO4S/c1-12(2)14-8-9-17(18(11-14)23-4)19-24(21,22)16-7-5-6-15(10-16)13(3)20/h5-12,19H,1-4H3. The number of rotatable bonds is 6. The lowest BCUT2D eigenvalue weighted by Gasteiger charge is -2.14. The fraction of sp³-hybridized carbons (Fsp3) is 0.278. The summed E-state index contributed by atoms with van der Waals surface area (Å²) < 4.78 is 33.0. The van der Waals surface area contributed by atoms with E-state index in [-0.39, 0.29) is 10.7 Å². The van der Waals surface area contributed by atoms with E-state index in [0.717, 1.165) is 5.56 Å². The summed E-state index contributed by atoms with van der Waals surface area (Å²) in [5.41, 5.74) is 1.75. The zero-order chi connectivity index (χ0) is 17.9. The molecular weight excluding hydrogens is 326 g/mol. The number of carbonyl (C=O) groups excluding carboxylic acids is 1. The van der Waals surface area contributed by atoms with Crippen LogP contribution in [0.25, 0.3) is 0 Å². The molecule has 0 bridgehead atoms. The molecule has 0 spiro atoms. The number of anilines is 1. The van der Waals surface area contributed by atoms with Gasteiger partial charge in [0.1, 0.15) is 5.75 Å². The lowest BCUT2D eigenvalue weighted by atomic mass is 10.0. The third kappa shape index (κ3) is 3.94. The Balaban J connectivity index is 2.39. The van der Waals surface area contributed by atoms with Crippen LogP contribution in [0.1, 0.15) is 42.6 Å². The molecule has 2 aromatic carbocycles. The first kappa shape index (κ1) is 18.0. The molecule has 0 fully saturated rings. The van der Waals surface area contributed by atoms with Crippen molar-refractivity contribution in [2.24, 2.45) is 0 Å². The van der Waals surface area contributed by atoms with E-state index in [1.165, 1.54) is 26.2 Å². The zero-order valence-electron chi connectivity index (χ0n) is 14.2. The number of ether oxygens (including phenoxy) is 1. The van der Waals surface area contributed by atoms with E-state index in [1.54, 1.807) is 18.2 Å². The lowest BCUT2D eigenvalue weighted by Crippen LogP contribution is -2.14. The molecule has 5 nitrogen and oxygen atoms in total. The Bertz CT molecular complexity index is 857. The van der Waals surface area contributed by atoms with Gasteiger partial charge in [0, 0.05) is 5.56 Å². The van der Waals surface area contributed by atoms with Gasteiger partial charge in [0.25, 0.3) is 10.0 Å². The number of ketones is 1. The molecule has 0 aliphatic carbocycles. The normalized spacial score (nSPS) is 11.4. The molecule has 0 aromatic heterocycles. The summed E-state index contributed by atoms with van der Waals surface area (Å²) in [5.74, 6) is 0.565. The molecule has 6 heteroatoms. The van der Waals surface area contributed by atoms with Crippen molar-refractivity contribution in [2.45, 2.75) is 31.6 Å². The molecule has 0 atom stereocenters. The SMILES string of the molecule is COc1cc(C(C)C)ccc1NS(=O)(=O)c1cccc(C(C)=O)c1. The van der Waals surface area contributed by atoms with E-state index >= 15 is 0 Å². The Morgan fingerprint density at radius 1 is 1.12 bits per heavy atom. The van der Waals surface area contributed by atoms with Crippen molar-refractivity contribution in [3.63, 3.8) is 0 Å². The van der Waals surface area contributed by atoms with Crippen LogP contribution in [-0.4, -0.2) is 21.3 Å². The highest BCUT2D eigenvalue weighted by Crippen LogP contribution is 2.30. The van der Waals surface area contributed by atoms with Crippen LogP contribution in [0.3, 0.4) is 0 Å². The maximum atomic E-state index is 12.6. The quantitative estimate of drug-likeness (QED) is 0.806. The van der Waals surface area contributed by atoms with E-state index < -0.39 is 10.0 Å². The second-order valence-electron chi connectivity index (χ2n) is 5.80. The van der Waals surface area contributed by atoms with Crippen LogP contribution in [0.2, 0.25) is 0 Å². The average molecular weight is 347 g/mol. The minimum absolute atomic E-state index is 0.0326. The number of benzene rings is 2. The highest BCUT2D eigenvalue weighted by molar-refractivity contribution is 7.92. The molecule has 0 saturated heterocycles. The summed E-state index contributed by atoms with van der Waals surface area (Å²) in [6.07, 6.45) is 0. The first-order valence-corrected chi connectivity index (χ1v) is 9.04. The Morgan fingerprint density at radius 2 is 1.83 bits per heavy atom. The molecule has 1 N–H and O–H groups in total. The summed E-state index contributed by atoms with van der Waals surface area (Å²) in [4.78, 5) is 11.5. The number of carbonyl (C=O) groups is 1. The summed E-state index contributed by atoms with van der Waals surface area (Å²) in [6, 6.07) is 11.3. The fourth-order valence-corrected chi connectivity index (χ4v) is 3.35. The van der Waals surface area contributed by atoms with Crippen LogP contribution in [0.4, 0.5) is 5.69 Å². The van der Waals surface area contributed by atoms with Gasteiger partial charge in [-0.25, -0.2) is 8.42 Å². The van der Waals surface area contributed by atoms with Crippen molar-refractivity contribution in [1.29, 1.82) is 0 Å². The van der Waals surface area contributed by atoms with Crippen LogP contribution in [0.15, 0.2) is 47.4 Å². The van der Waals surface area contributed by atoms with Crippen molar-refractivity contribution in [3.8, 4) is 5.75 Å². The first-order chi connectivity index (χ1) is 11.2. The highest BCUT2D eigenvalue weighted by atomic mass is 32.2. The summed E-state index contributed by atoms with van der Waals surface area (Å²) >= 11 is 0. The average Bonchev–Trinajstić information content (AvgIpc) is 2.54. The smallest absolute Gasteiger partial charge is 0.262 e. The third-order valence-electron chi connectivity index (χ3n) is 3.69. The Labute approximate surface area is 142 Å². The maximum Gasteiger partial charge on any atom is 0.262 e. The van der Waals surface area contributed by atoms with Gasteiger partial charge in [-0.05, 0) is 42.7 Å². The monoisotopic (exact) mass is 347 g/mol. The molecule has 0 aliphatic heterocycles. The number of nitrogens with one attached hydrogen (secondary N) is 1. The summed E-state index contributed by atoms with van der Waals surface area (Å²) in [6.45, 7) is 5.49. The predicted molar refractivity (Wildman–Crippen MR) is 94.3 cm³/mol. The highest BCUT2D eigenvalue weighted by Gasteiger charge is 2.18. The molecule has 24 heavy (non-hydrogen) atoms. The van der Waals surface area contributed by atoms with Crippen molar-refractivity contribution in [1.82, 2.24) is 0 Å². The zero-order valence-corrected chi connectivity index (χ0v) is 15.0. The maximum absolute atomic E-state index is 12.6. The van der Waals surface area contributed by atoms with Gasteiger partial charge in [0.2, 0.25) is 0 Å². The van der Waals surface area contributed by atoms with Crippen molar-refractivity contribution < 1.29 is 17.9 Å². The van der Waals surface area contributed by atoms with Crippen molar-refractivity contribution in [2.75, 3.05) is 11.8 Å². The van der Waals surface area contributed by atoms with Crippen molar-refractivity contribution >= 4 is 21.5 Å². The lowest BCUT2D eigenvalue weighted by molar-refractivity contribution is 0.101. The summed E-state index contributed by atoms with van der Waals surface area (Å²) in [5, 5.41) is 0. The third-order valence-corrected chi connectivity index (χ3v) is 5.05. The predicted octanol–water partition coefficient (Wildman–Crippen LogP) is 3.82. The van der Waals surface area contributed by atoms with E-state index in [2.05, 4.69) is 4.72 Å². The van der Waals surface area contributed by atoms with E-state index in [4.69, 9.17) is 4.74 Å². The minimum Gasteiger partial charge on any atom is -0.495 e. The molecule has 0 radical (unpaired) electrons. The molecule has 0 amide bonds. The molecule has 2 rings (SSSR count). The number of Topliss-reactive ketones (excluding diaryl/α,β-unsaturated/α-hetero) is 1. The second kappa shape index (κ2) is 7.05. The fourth-order valence-electron chi connectivity index (χ4n) is 2.24. The topological polar surface area (TPSA) is 72.5 Å². The molecule has 0 aliphatic rings. The van der Waals surface area contributed by atoms with Gasteiger partial charge in [0.05, 0.1) is 17.7 Å². The Morgan fingerprint density at radius 3 is 2.42 bits per heavy atom. The van der Waals surface area contributed by atoms with Crippen LogP contribution in [0.5, 0.6) is 5.75 Å². The minimum atomic E-state index is -3.82. The molecular formula is C18H21NO4S. The molecule has 2 aromatic rings. The largest absolute Gasteiger partial charge is 0.495 e. The van der Waals surface area contributed by atoms with Crippen LogP contribution >= 0.6 is 0 Å². The molecule has 0 unspecified atom stereocenters. The Hall–Kier alpha value is -2.34. The molecule has 0 saturated carbocycles. The van der Waals surface area contributed by atoms with Gasteiger partial charge in [-0.15, -0.1) is 0 Å². The van der Waals surface area contributed by atoms with Gasteiger partial charge < -0.3 is 4.74 Å². The Kier molecular flexibility index (Phi) is 5.29. The number of hydrogen-bond donors (Lipinski definition) is 1. The number of sulfonamides is 1. The van der Waals surface area contributed by atoms with E-state index in [1.807, 2.05) is 26.0 Å². The van der Waals surface area contributed by atoms with Gasteiger partial charge >= 0.3 is 0 Å². The van der Waals surface area contributed by atoms with Gasteiger partial charge in [-0.1, -0.05) is 32.0 Å². The number of methoxy groups -OCH3 is 1. The summed E-state index contributed by atoms with van der Waals surface area (Å²) in [7, 11) is -2.32. The van der Waals surface area contributed by atoms with Crippen molar-refractivity contribution in [3.05, 3.63) is 53.6 Å². The van der Waals surface area contributed by atoms with Crippen LogP contribution < -0.4 is 9.46 Å². The van der Waals surface area contributed by atoms with Gasteiger partial charge in [0.15, 0.2) is 5.78 Å². The second-order valence-corrected chi connectivity index (χ2v) is 7.49. The van der Waals surface area contributed by atoms with Crippen LogP contribution in [0, 0.1) is 0 Å². The molecule has 128 valence electrons. The first-order valence-electron chi connectivity index (χ1n) is 7.56. The number of hydrogen-bond acceptors (Lipinski definition) is 4. The van der Waals surface area contributed by atoms with Gasteiger partial charge in [-0.2, -0.15) is 0 Å². The van der Waals surface area contributed by atoms with Crippen LogP contribution in [-0.2, 0) is 10.0 Å². The van der Waals surface area contributed by atoms with E-state index in [0.29, 0.717) is 22.9 Å². The molecule has 0 heterocycles.